The summed E-state index contributed by atoms with van der Waals surface area (Å²) in [5.74, 6) is -1.33. The summed E-state index contributed by atoms with van der Waals surface area (Å²) in [6, 6.07) is 4.17. The Balaban J connectivity index is 2.07. The normalized spacial score (nSPS) is 17.6. The fourth-order valence-electron chi connectivity index (χ4n) is 3.44. The molecular weight excluding hydrogens is 456 g/mol. The predicted molar refractivity (Wildman–Crippen MR) is 126 cm³/mol. The number of halogens is 2. The lowest BCUT2D eigenvalue weighted by Crippen LogP contribution is -2.50. The van der Waals surface area contributed by atoms with Gasteiger partial charge in [0.25, 0.3) is 11.8 Å². The van der Waals surface area contributed by atoms with Gasteiger partial charge in [-0.2, -0.15) is 0 Å². The van der Waals surface area contributed by atoms with Crippen molar-refractivity contribution in [1.29, 1.82) is 0 Å². The summed E-state index contributed by atoms with van der Waals surface area (Å²) in [5.41, 5.74) is 0.769. The molecule has 11 heteroatoms. The third-order valence-electron chi connectivity index (χ3n) is 4.98. The number of nitrogens with zero attached hydrogens (tertiary/aromatic N) is 1. The van der Waals surface area contributed by atoms with Crippen molar-refractivity contribution in [3.63, 3.8) is 0 Å². The molecule has 8 nitrogen and oxygen atoms in total. The van der Waals surface area contributed by atoms with Crippen molar-refractivity contribution in [3.05, 3.63) is 33.8 Å². The van der Waals surface area contributed by atoms with Gasteiger partial charge in [-0.15, -0.1) is 0 Å². The van der Waals surface area contributed by atoms with Crippen molar-refractivity contribution in [2.75, 3.05) is 0 Å². The zero-order valence-corrected chi connectivity index (χ0v) is 20.2. The Bertz CT molecular complexity index is 851. The van der Waals surface area contributed by atoms with Crippen LogP contribution < -0.4 is 10.6 Å². The predicted octanol–water partition coefficient (Wildman–Crippen LogP) is 2.83. The van der Waals surface area contributed by atoms with Gasteiger partial charge < -0.3 is 25.5 Å². The van der Waals surface area contributed by atoms with Crippen LogP contribution in [0.4, 0.5) is 0 Å². The summed E-state index contributed by atoms with van der Waals surface area (Å²) in [6.45, 7) is 7.84. The highest BCUT2D eigenvalue weighted by Crippen LogP contribution is 2.22. The summed E-state index contributed by atoms with van der Waals surface area (Å²) in [5, 5.41) is 29.3. The second-order valence-corrected chi connectivity index (χ2v) is 9.66. The molecule has 0 spiro atoms. The monoisotopic (exact) mass is 485 g/mol. The SMILES string of the molecule is CC(C)CC(NC(=O)C1CC(C(CC(C)C)NC(=O)c2cc(Cl)ccc2Cl)=NO1)B(O)O. The Labute approximate surface area is 198 Å². The van der Waals surface area contributed by atoms with E-state index in [1.54, 1.807) is 12.1 Å². The summed E-state index contributed by atoms with van der Waals surface area (Å²) in [4.78, 5) is 30.7. The van der Waals surface area contributed by atoms with Crippen molar-refractivity contribution in [3.8, 4) is 0 Å². The van der Waals surface area contributed by atoms with Crippen LogP contribution in [0, 0.1) is 11.8 Å². The van der Waals surface area contributed by atoms with Crippen LogP contribution in [0.5, 0.6) is 0 Å². The number of hydrogen-bond donors (Lipinski definition) is 4. The minimum Gasteiger partial charge on any atom is -0.426 e. The van der Waals surface area contributed by atoms with Gasteiger partial charge >= 0.3 is 7.12 Å². The number of benzene rings is 1. The molecule has 0 bridgehead atoms. The Kier molecular flexibility index (Phi) is 9.82. The molecule has 32 heavy (non-hydrogen) atoms. The highest BCUT2D eigenvalue weighted by atomic mass is 35.5. The summed E-state index contributed by atoms with van der Waals surface area (Å²) >= 11 is 12.1. The van der Waals surface area contributed by atoms with Crippen molar-refractivity contribution in [2.24, 2.45) is 17.0 Å². The first-order chi connectivity index (χ1) is 15.0. The van der Waals surface area contributed by atoms with Crippen molar-refractivity contribution in [1.82, 2.24) is 10.6 Å². The van der Waals surface area contributed by atoms with Crippen molar-refractivity contribution >= 4 is 47.8 Å². The number of rotatable bonds is 10. The van der Waals surface area contributed by atoms with E-state index in [1.165, 1.54) is 6.07 Å². The van der Waals surface area contributed by atoms with Gasteiger partial charge in [-0.1, -0.05) is 56.1 Å². The highest BCUT2D eigenvalue weighted by molar-refractivity contribution is 6.43. The Morgan fingerprint density at radius 1 is 1.16 bits per heavy atom. The van der Waals surface area contributed by atoms with Gasteiger partial charge in [-0.25, -0.2) is 0 Å². The molecule has 0 radical (unpaired) electrons. The van der Waals surface area contributed by atoms with E-state index in [1.807, 2.05) is 27.7 Å². The van der Waals surface area contributed by atoms with Gasteiger partial charge in [0, 0.05) is 11.4 Å². The quantitative estimate of drug-likeness (QED) is 0.380. The third-order valence-corrected chi connectivity index (χ3v) is 5.55. The summed E-state index contributed by atoms with van der Waals surface area (Å²) in [6.07, 6.45) is 0.227. The second kappa shape index (κ2) is 11.9. The first kappa shape index (κ1) is 26.4. The van der Waals surface area contributed by atoms with E-state index in [-0.39, 0.29) is 28.8 Å². The molecule has 2 amide bonds. The molecule has 1 aromatic rings. The number of hydrogen-bond acceptors (Lipinski definition) is 6. The van der Waals surface area contributed by atoms with Gasteiger partial charge in [0.1, 0.15) is 0 Å². The second-order valence-electron chi connectivity index (χ2n) is 8.82. The minimum absolute atomic E-state index is 0.155. The first-order valence-electron chi connectivity index (χ1n) is 10.6. The Hall–Kier alpha value is -1.81. The van der Waals surface area contributed by atoms with Gasteiger partial charge in [0.05, 0.1) is 28.3 Å². The van der Waals surface area contributed by atoms with Crippen molar-refractivity contribution < 1.29 is 24.5 Å². The number of carbonyl (C=O) groups excluding carboxylic acids is 2. The van der Waals surface area contributed by atoms with E-state index in [2.05, 4.69) is 15.8 Å². The number of carbonyl (C=O) groups is 2. The zero-order valence-electron chi connectivity index (χ0n) is 18.6. The van der Waals surface area contributed by atoms with E-state index < -0.39 is 37.0 Å². The fraction of sp³-hybridized carbons (Fsp3) is 0.571. The van der Waals surface area contributed by atoms with Gasteiger partial charge in [-0.05, 0) is 42.9 Å². The zero-order chi connectivity index (χ0) is 24.0. The molecular formula is C21H30BCl2N3O5. The maximum absolute atomic E-state index is 12.8. The van der Waals surface area contributed by atoms with Gasteiger partial charge in [0.2, 0.25) is 6.10 Å². The van der Waals surface area contributed by atoms with Crippen molar-refractivity contribution in [2.45, 2.75) is 65.0 Å². The topological polar surface area (TPSA) is 120 Å². The molecule has 0 fully saturated rings. The van der Waals surface area contributed by atoms with E-state index in [0.717, 1.165) is 0 Å². The molecule has 176 valence electrons. The highest BCUT2D eigenvalue weighted by Gasteiger charge is 2.36. The molecule has 0 aliphatic carbocycles. The van der Waals surface area contributed by atoms with E-state index >= 15 is 0 Å². The maximum Gasteiger partial charge on any atom is 0.475 e. The molecule has 0 saturated heterocycles. The molecule has 0 saturated carbocycles. The van der Waals surface area contributed by atoms with Crippen LogP contribution in [0.3, 0.4) is 0 Å². The van der Waals surface area contributed by atoms with Crippen LogP contribution in [0.25, 0.3) is 0 Å². The van der Waals surface area contributed by atoms with E-state index in [0.29, 0.717) is 23.6 Å². The molecule has 1 aliphatic heterocycles. The van der Waals surface area contributed by atoms with Crippen LogP contribution in [0.1, 0.15) is 57.3 Å². The first-order valence-corrected chi connectivity index (χ1v) is 11.4. The maximum atomic E-state index is 12.8. The lowest BCUT2D eigenvalue weighted by molar-refractivity contribution is -0.131. The lowest BCUT2D eigenvalue weighted by Gasteiger charge is -2.22. The van der Waals surface area contributed by atoms with Gasteiger partial charge in [0.15, 0.2) is 0 Å². The average Bonchev–Trinajstić information content (AvgIpc) is 3.18. The average molecular weight is 486 g/mol. The summed E-state index contributed by atoms with van der Waals surface area (Å²) in [7, 11) is -1.68. The molecule has 1 aliphatic rings. The Morgan fingerprint density at radius 3 is 2.41 bits per heavy atom. The van der Waals surface area contributed by atoms with Crippen LogP contribution >= 0.6 is 23.2 Å². The fourth-order valence-corrected chi connectivity index (χ4v) is 3.81. The summed E-state index contributed by atoms with van der Waals surface area (Å²) < 4.78 is 0. The smallest absolute Gasteiger partial charge is 0.426 e. The van der Waals surface area contributed by atoms with Gasteiger partial charge in [-0.3, -0.25) is 9.59 Å². The molecule has 1 heterocycles. The largest absolute Gasteiger partial charge is 0.475 e. The van der Waals surface area contributed by atoms with E-state index in [4.69, 9.17) is 28.0 Å². The van der Waals surface area contributed by atoms with Crippen LogP contribution in [-0.2, 0) is 9.63 Å². The number of amides is 2. The van der Waals surface area contributed by atoms with Crippen LogP contribution in [0.2, 0.25) is 10.0 Å². The van der Waals surface area contributed by atoms with E-state index in [9.17, 15) is 19.6 Å². The molecule has 2 rings (SSSR count). The van der Waals surface area contributed by atoms with Crippen LogP contribution in [0.15, 0.2) is 23.4 Å². The number of nitrogens with one attached hydrogen (secondary N) is 2. The number of oxime groups is 1. The molecule has 3 unspecified atom stereocenters. The Morgan fingerprint density at radius 2 is 1.81 bits per heavy atom. The minimum atomic E-state index is -1.68. The standard InChI is InChI=1S/C21H30BCl2N3O5/c1-11(2)7-16(25-20(28)14-9-13(23)5-6-15(14)24)17-10-18(32-27-17)21(29)26-19(22(30)31)8-12(3)4/h5-6,9,11-12,16,18-19,30-31H,7-8,10H2,1-4H3,(H,25,28)(H,26,29). The van der Waals surface area contributed by atoms with Crippen LogP contribution in [-0.4, -0.2) is 52.8 Å². The molecule has 0 aromatic heterocycles. The third kappa shape index (κ3) is 7.65. The molecule has 3 atom stereocenters. The molecule has 1 aromatic carbocycles. The molecule has 4 N–H and O–H groups in total. The lowest BCUT2D eigenvalue weighted by atomic mass is 9.75.